The molecule has 3 rings (SSSR count). The number of carbonyl (C=O) groups is 1. The van der Waals surface area contributed by atoms with Gasteiger partial charge in [0.15, 0.2) is 0 Å². The molecule has 6 nitrogen and oxygen atoms in total. The van der Waals surface area contributed by atoms with Crippen molar-refractivity contribution in [1.29, 1.82) is 0 Å². The Balaban J connectivity index is 0.00000225. The summed E-state index contributed by atoms with van der Waals surface area (Å²) in [5.41, 5.74) is 2.43. The van der Waals surface area contributed by atoms with Crippen molar-refractivity contribution in [3.8, 4) is 5.75 Å². The summed E-state index contributed by atoms with van der Waals surface area (Å²) >= 11 is 0. The molecule has 0 radical (unpaired) electrons. The third kappa shape index (κ3) is 4.32. The van der Waals surface area contributed by atoms with Gasteiger partial charge < -0.3 is 19.5 Å². The van der Waals surface area contributed by atoms with E-state index >= 15 is 0 Å². The third-order valence-corrected chi connectivity index (χ3v) is 4.41. The average Bonchev–Trinajstić information content (AvgIpc) is 2.91. The maximum absolute atomic E-state index is 12.7. The summed E-state index contributed by atoms with van der Waals surface area (Å²) in [6.45, 7) is 8.58. The first-order chi connectivity index (χ1) is 11.6. The first-order valence-corrected chi connectivity index (χ1v) is 8.22. The molecule has 1 saturated heterocycles. The van der Waals surface area contributed by atoms with Gasteiger partial charge in [-0.15, -0.1) is 12.4 Å². The van der Waals surface area contributed by atoms with Gasteiger partial charge in [0.2, 0.25) is 0 Å². The van der Waals surface area contributed by atoms with E-state index in [0.717, 1.165) is 36.7 Å². The standard InChI is InChI=1S/C18H23N3O3.ClH/c1-12-10-19-7-8-21(12)18(22)15-5-4-6-16(9-15)23-11-17-13(2)20-24-14(17)3;/h4-6,9,12,19H,7-8,10-11H2,1-3H3;1H/t12-;/m0./s1. The van der Waals surface area contributed by atoms with Crippen LogP contribution in [0, 0.1) is 13.8 Å². The van der Waals surface area contributed by atoms with Crippen LogP contribution in [0.3, 0.4) is 0 Å². The zero-order valence-electron chi connectivity index (χ0n) is 14.7. The molecular formula is C18H24ClN3O3. The van der Waals surface area contributed by atoms with Crippen LogP contribution in [0.15, 0.2) is 28.8 Å². The number of aryl methyl sites for hydroxylation is 2. The molecule has 0 unspecified atom stereocenters. The van der Waals surface area contributed by atoms with Crippen LogP contribution in [-0.2, 0) is 6.61 Å². The predicted octanol–water partition coefficient (Wildman–Crippen LogP) is 2.73. The van der Waals surface area contributed by atoms with E-state index in [0.29, 0.717) is 17.9 Å². The summed E-state index contributed by atoms with van der Waals surface area (Å²) < 4.78 is 11.0. The highest BCUT2D eigenvalue weighted by Gasteiger charge is 2.24. The lowest BCUT2D eigenvalue weighted by Gasteiger charge is -2.34. The Morgan fingerprint density at radius 1 is 1.44 bits per heavy atom. The van der Waals surface area contributed by atoms with Crippen molar-refractivity contribution in [3.05, 3.63) is 46.8 Å². The molecule has 0 bridgehead atoms. The van der Waals surface area contributed by atoms with Crippen LogP contribution in [0.2, 0.25) is 0 Å². The number of halogens is 1. The lowest BCUT2D eigenvalue weighted by molar-refractivity contribution is 0.0655. The van der Waals surface area contributed by atoms with Crippen LogP contribution in [0.1, 0.15) is 34.3 Å². The SMILES string of the molecule is Cc1noc(C)c1COc1cccc(C(=O)N2CCNC[C@@H]2C)c1.Cl. The van der Waals surface area contributed by atoms with E-state index in [-0.39, 0.29) is 24.4 Å². The van der Waals surface area contributed by atoms with Gasteiger partial charge in [-0.25, -0.2) is 0 Å². The van der Waals surface area contributed by atoms with E-state index in [9.17, 15) is 4.79 Å². The van der Waals surface area contributed by atoms with Crippen molar-refractivity contribution < 1.29 is 14.1 Å². The van der Waals surface area contributed by atoms with Crippen LogP contribution in [0.4, 0.5) is 0 Å². The number of rotatable bonds is 4. The van der Waals surface area contributed by atoms with Gasteiger partial charge in [0.05, 0.1) is 11.3 Å². The van der Waals surface area contributed by atoms with Crippen LogP contribution >= 0.6 is 12.4 Å². The summed E-state index contributed by atoms with van der Waals surface area (Å²) in [5.74, 6) is 1.48. The number of benzene rings is 1. The maximum atomic E-state index is 12.7. The average molecular weight is 366 g/mol. The minimum Gasteiger partial charge on any atom is -0.489 e. The molecule has 1 fully saturated rings. The Morgan fingerprint density at radius 2 is 2.24 bits per heavy atom. The van der Waals surface area contributed by atoms with Gasteiger partial charge in [0, 0.05) is 31.2 Å². The van der Waals surface area contributed by atoms with Gasteiger partial charge in [-0.1, -0.05) is 11.2 Å². The number of hydrogen-bond acceptors (Lipinski definition) is 5. The zero-order valence-corrected chi connectivity index (χ0v) is 15.6. The van der Waals surface area contributed by atoms with E-state index < -0.39 is 0 Å². The fourth-order valence-corrected chi connectivity index (χ4v) is 2.89. The number of nitrogens with one attached hydrogen (secondary N) is 1. The minimum absolute atomic E-state index is 0. The molecule has 0 spiro atoms. The van der Waals surface area contributed by atoms with Gasteiger partial charge in [-0.2, -0.15) is 0 Å². The number of aromatic nitrogens is 1. The number of ether oxygens (including phenoxy) is 1. The molecule has 1 aliphatic heterocycles. The molecule has 0 saturated carbocycles. The van der Waals surface area contributed by atoms with Crippen molar-refractivity contribution >= 4 is 18.3 Å². The summed E-state index contributed by atoms with van der Waals surface area (Å²) in [7, 11) is 0. The molecule has 7 heteroatoms. The summed E-state index contributed by atoms with van der Waals surface area (Å²) in [6.07, 6.45) is 0. The van der Waals surface area contributed by atoms with E-state index in [2.05, 4.69) is 17.4 Å². The van der Waals surface area contributed by atoms with E-state index in [4.69, 9.17) is 9.26 Å². The summed E-state index contributed by atoms with van der Waals surface area (Å²) in [5, 5.41) is 7.22. The quantitative estimate of drug-likeness (QED) is 0.902. The topological polar surface area (TPSA) is 67.6 Å². The normalized spacial score (nSPS) is 17.1. The van der Waals surface area contributed by atoms with Gasteiger partial charge in [-0.05, 0) is 39.0 Å². The lowest BCUT2D eigenvalue weighted by Crippen LogP contribution is -2.52. The number of amides is 1. The lowest BCUT2D eigenvalue weighted by atomic mass is 10.1. The molecule has 2 heterocycles. The van der Waals surface area contributed by atoms with Crippen molar-refractivity contribution in [2.75, 3.05) is 19.6 Å². The van der Waals surface area contributed by atoms with Crippen molar-refractivity contribution in [3.63, 3.8) is 0 Å². The van der Waals surface area contributed by atoms with Gasteiger partial charge in [0.25, 0.3) is 5.91 Å². The Hall–Kier alpha value is -2.05. The molecule has 1 aliphatic rings. The highest BCUT2D eigenvalue weighted by molar-refractivity contribution is 5.94. The second-order valence-electron chi connectivity index (χ2n) is 6.17. The first-order valence-electron chi connectivity index (χ1n) is 8.22. The third-order valence-electron chi connectivity index (χ3n) is 4.41. The number of piperazine rings is 1. The molecule has 1 atom stereocenters. The van der Waals surface area contributed by atoms with E-state index in [1.54, 1.807) is 6.07 Å². The molecule has 136 valence electrons. The zero-order chi connectivity index (χ0) is 17.1. The Labute approximate surface area is 153 Å². The van der Waals surface area contributed by atoms with Crippen molar-refractivity contribution in [1.82, 2.24) is 15.4 Å². The molecule has 1 N–H and O–H groups in total. The molecule has 1 aromatic carbocycles. The van der Waals surface area contributed by atoms with Crippen LogP contribution in [0.5, 0.6) is 5.75 Å². The maximum Gasteiger partial charge on any atom is 0.254 e. The van der Waals surface area contributed by atoms with Crippen LogP contribution in [0.25, 0.3) is 0 Å². The number of hydrogen-bond donors (Lipinski definition) is 1. The fourth-order valence-electron chi connectivity index (χ4n) is 2.89. The number of carbonyl (C=O) groups excluding carboxylic acids is 1. The minimum atomic E-state index is 0. The smallest absolute Gasteiger partial charge is 0.254 e. The van der Waals surface area contributed by atoms with E-state index in [1.165, 1.54) is 0 Å². The molecular weight excluding hydrogens is 342 g/mol. The predicted molar refractivity (Wildman–Crippen MR) is 97.4 cm³/mol. The highest BCUT2D eigenvalue weighted by atomic mass is 35.5. The Bertz CT molecular complexity index is 713. The first kappa shape index (κ1) is 19.3. The Kier molecular flexibility index (Phi) is 6.45. The van der Waals surface area contributed by atoms with Crippen LogP contribution in [-0.4, -0.2) is 41.6 Å². The largest absolute Gasteiger partial charge is 0.489 e. The van der Waals surface area contributed by atoms with Gasteiger partial charge in [-0.3, -0.25) is 4.79 Å². The Morgan fingerprint density at radius 3 is 2.92 bits per heavy atom. The highest BCUT2D eigenvalue weighted by Crippen LogP contribution is 2.20. The molecule has 1 amide bonds. The van der Waals surface area contributed by atoms with Crippen molar-refractivity contribution in [2.45, 2.75) is 33.4 Å². The monoisotopic (exact) mass is 365 g/mol. The molecule has 1 aromatic heterocycles. The fraction of sp³-hybridized carbons (Fsp3) is 0.444. The molecule has 25 heavy (non-hydrogen) atoms. The molecule has 2 aromatic rings. The van der Waals surface area contributed by atoms with Crippen LogP contribution < -0.4 is 10.1 Å². The molecule has 0 aliphatic carbocycles. The number of nitrogens with zero attached hydrogens (tertiary/aromatic N) is 2. The van der Waals surface area contributed by atoms with E-state index in [1.807, 2.05) is 36.9 Å². The second-order valence-corrected chi connectivity index (χ2v) is 6.17. The second kappa shape index (κ2) is 8.36. The summed E-state index contributed by atoms with van der Waals surface area (Å²) in [4.78, 5) is 14.6. The van der Waals surface area contributed by atoms with Gasteiger partial charge >= 0.3 is 0 Å². The summed E-state index contributed by atoms with van der Waals surface area (Å²) in [6, 6.07) is 7.53. The van der Waals surface area contributed by atoms with Crippen molar-refractivity contribution in [2.24, 2.45) is 0 Å². The van der Waals surface area contributed by atoms with Gasteiger partial charge in [0.1, 0.15) is 18.1 Å².